The molecule has 0 saturated heterocycles. The lowest BCUT2D eigenvalue weighted by atomic mass is 9.84. The average Bonchev–Trinajstić information content (AvgIpc) is 3.40. The lowest BCUT2D eigenvalue weighted by Crippen LogP contribution is -2.16. The van der Waals surface area contributed by atoms with Crippen LogP contribution in [-0.4, -0.2) is 4.98 Å². The van der Waals surface area contributed by atoms with E-state index in [0.717, 1.165) is 49.6 Å². The minimum atomic E-state index is -0.0732. The summed E-state index contributed by atoms with van der Waals surface area (Å²) in [5, 5.41) is 3.01. The fourth-order valence-corrected chi connectivity index (χ4v) is 6.93. The molecule has 254 valence electrons. The van der Waals surface area contributed by atoms with E-state index < -0.39 is 0 Å². The Morgan fingerprint density at radius 1 is 0.469 bits per heavy atom. The third-order valence-corrected chi connectivity index (χ3v) is 10.2. The molecule has 0 radical (unpaired) electrons. The number of nitrogens with one attached hydrogen (secondary N) is 1. The maximum atomic E-state index is 7.01. The summed E-state index contributed by atoms with van der Waals surface area (Å²) >= 11 is 7.01. The average molecular weight is 669 g/mol. The summed E-state index contributed by atoms with van der Waals surface area (Å²) in [5.74, 6) is 0. The van der Waals surface area contributed by atoms with Crippen LogP contribution in [0.15, 0.2) is 97.1 Å². The van der Waals surface area contributed by atoms with E-state index in [0.29, 0.717) is 0 Å². The molecule has 0 atom stereocenters. The molecular formula is C46H53ClN2. The van der Waals surface area contributed by atoms with Gasteiger partial charge in [0.2, 0.25) is 0 Å². The highest BCUT2D eigenvalue weighted by Gasteiger charge is 2.24. The summed E-state index contributed by atoms with van der Waals surface area (Å²) in [5.41, 5.74) is 13.2. The molecule has 0 spiro atoms. The van der Waals surface area contributed by atoms with Crippen molar-refractivity contribution in [2.45, 2.75) is 105 Å². The summed E-state index contributed by atoms with van der Waals surface area (Å²) in [6.45, 7) is 27.3. The fourth-order valence-electron chi connectivity index (χ4n) is 6.67. The molecule has 1 heterocycles. The summed E-state index contributed by atoms with van der Waals surface area (Å²) in [4.78, 5) is 6.19. The number of anilines is 3. The first kappa shape index (κ1) is 34.8. The second-order valence-electron chi connectivity index (χ2n) is 17.9. The molecule has 0 bridgehead atoms. The van der Waals surface area contributed by atoms with Crippen LogP contribution in [0.1, 0.15) is 105 Å². The normalized spacial score (nSPS) is 13.0. The lowest BCUT2D eigenvalue weighted by molar-refractivity contribution is 0.589. The van der Waals surface area contributed by atoms with Crippen LogP contribution in [0, 0.1) is 0 Å². The van der Waals surface area contributed by atoms with Gasteiger partial charge in [0.05, 0.1) is 10.5 Å². The lowest BCUT2D eigenvalue weighted by Gasteiger charge is -2.30. The Bertz CT molecular complexity index is 2080. The van der Waals surface area contributed by atoms with Gasteiger partial charge in [-0.05, 0) is 104 Å². The van der Waals surface area contributed by atoms with Gasteiger partial charge in [0.25, 0.3) is 0 Å². The number of fused-ring (bicyclic) bond motifs is 3. The van der Waals surface area contributed by atoms with E-state index in [9.17, 15) is 0 Å². The Kier molecular flexibility index (Phi) is 8.60. The molecule has 0 unspecified atom stereocenters. The van der Waals surface area contributed by atoms with Crippen molar-refractivity contribution in [3.63, 3.8) is 0 Å². The highest BCUT2D eigenvalue weighted by Crippen LogP contribution is 2.44. The summed E-state index contributed by atoms with van der Waals surface area (Å²) in [6.07, 6.45) is 0. The highest BCUT2D eigenvalue weighted by molar-refractivity contribution is 6.38. The number of hydrogen-bond donors (Lipinski definition) is 1. The zero-order valence-corrected chi connectivity index (χ0v) is 32.3. The van der Waals surface area contributed by atoms with E-state index in [1.807, 2.05) is 0 Å². The van der Waals surface area contributed by atoms with Crippen molar-refractivity contribution in [3.8, 4) is 11.1 Å². The van der Waals surface area contributed by atoms with Gasteiger partial charge in [0.1, 0.15) is 0 Å². The van der Waals surface area contributed by atoms with Gasteiger partial charge in [-0.1, -0.05) is 137 Å². The number of nitrogens with zero attached hydrogens (tertiary/aromatic N) is 1. The van der Waals surface area contributed by atoms with Gasteiger partial charge in [0.15, 0.2) is 0 Å². The van der Waals surface area contributed by atoms with Gasteiger partial charge in [0, 0.05) is 38.9 Å². The molecule has 49 heavy (non-hydrogen) atoms. The van der Waals surface area contributed by atoms with Crippen molar-refractivity contribution in [2.24, 2.45) is 0 Å². The Labute approximate surface area is 299 Å². The monoisotopic (exact) mass is 668 g/mol. The van der Waals surface area contributed by atoms with Crippen LogP contribution in [0.5, 0.6) is 0 Å². The van der Waals surface area contributed by atoms with Gasteiger partial charge in [-0.25, -0.2) is 0 Å². The molecule has 0 fully saturated rings. The first-order valence-corrected chi connectivity index (χ1v) is 18.0. The predicted molar refractivity (Wildman–Crippen MR) is 216 cm³/mol. The van der Waals surface area contributed by atoms with E-state index in [4.69, 9.17) is 11.6 Å². The SMILES string of the molecule is CC(C)(C)c1ccc(N(c2ccc(C(C)(C)C)cc2)c2cc(-c3ccc(Cl)c4c3[nH]c3ccc(C(C)(C)C)cc34)cc(C(C)(C)C)c2)cc1. The van der Waals surface area contributed by atoms with Gasteiger partial charge < -0.3 is 9.88 Å². The van der Waals surface area contributed by atoms with Crippen molar-refractivity contribution in [2.75, 3.05) is 4.90 Å². The molecule has 1 aromatic heterocycles. The zero-order chi connectivity index (χ0) is 35.7. The Morgan fingerprint density at radius 3 is 1.45 bits per heavy atom. The topological polar surface area (TPSA) is 19.0 Å². The number of aromatic amines is 1. The highest BCUT2D eigenvalue weighted by atomic mass is 35.5. The third kappa shape index (κ3) is 6.90. The first-order valence-electron chi connectivity index (χ1n) is 17.6. The van der Waals surface area contributed by atoms with E-state index in [-0.39, 0.29) is 21.7 Å². The molecule has 1 N–H and O–H groups in total. The molecule has 0 aliphatic rings. The van der Waals surface area contributed by atoms with Gasteiger partial charge in [-0.3, -0.25) is 0 Å². The van der Waals surface area contributed by atoms with Crippen LogP contribution in [0.3, 0.4) is 0 Å². The van der Waals surface area contributed by atoms with Crippen LogP contribution in [0.2, 0.25) is 5.02 Å². The third-order valence-electron chi connectivity index (χ3n) is 9.91. The quantitative estimate of drug-likeness (QED) is 0.198. The molecule has 6 rings (SSSR count). The summed E-state index contributed by atoms with van der Waals surface area (Å²) < 4.78 is 0. The van der Waals surface area contributed by atoms with Crippen LogP contribution < -0.4 is 4.90 Å². The van der Waals surface area contributed by atoms with Crippen molar-refractivity contribution in [3.05, 3.63) is 124 Å². The maximum Gasteiger partial charge on any atom is 0.0559 e. The summed E-state index contributed by atoms with van der Waals surface area (Å²) in [7, 11) is 0. The minimum absolute atomic E-state index is 0.0391. The number of aromatic nitrogens is 1. The molecule has 0 aliphatic carbocycles. The van der Waals surface area contributed by atoms with Gasteiger partial charge >= 0.3 is 0 Å². The van der Waals surface area contributed by atoms with E-state index in [1.54, 1.807) is 0 Å². The van der Waals surface area contributed by atoms with E-state index in [2.05, 4.69) is 190 Å². The van der Waals surface area contributed by atoms with Crippen molar-refractivity contribution in [1.82, 2.24) is 4.98 Å². The number of H-pyrrole nitrogens is 1. The smallest absolute Gasteiger partial charge is 0.0559 e. The van der Waals surface area contributed by atoms with E-state index >= 15 is 0 Å². The standard InChI is InChI=1S/C46H53ClN2/c1-43(2,3)30-13-18-34(19-14-30)49(35-20-15-31(16-21-35)44(4,5)6)36-26-29(25-33(27-36)46(10,11)12)37-22-23-39(47)41-38-28-32(45(7,8)9)17-24-40(38)48-42(37)41/h13-28,48H,1-12H3. The van der Waals surface area contributed by atoms with Crippen LogP contribution in [-0.2, 0) is 21.7 Å². The molecule has 0 aliphatic heterocycles. The van der Waals surface area contributed by atoms with E-state index in [1.165, 1.54) is 27.6 Å². The van der Waals surface area contributed by atoms with Crippen LogP contribution >= 0.6 is 11.6 Å². The molecule has 6 aromatic rings. The maximum absolute atomic E-state index is 7.01. The Balaban J connectivity index is 1.61. The minimum Gasteiger partial charge on any atom is -0.354 e. The van der Waals surface area contributed by atoms with Crippen LogP contribution in [0.25, 0.3) is 32.9 Å². The number of benzene rings is 5. The largest absolute Gasteiger partial charge is 0.354 e. The number of halogens is 1. The van der Waals surface area contributed by atoms with Gasteiger partial charge in [-0.2, -0.15) is 0 Å². The number of hydrogen-bond acceptors (Lipinski definition) is 1. The molecule has 2 nitrogen and oxygen atoms in total. The Morgan fingerprint density at radius 2 is 0.959 bits per heavy atom. The fraction of sp³-hybridized carbons (Fsp3) is 0.348. The van der Waals surface area contributed by atoms with Crippen molar-refractivity contribution >= 4 is 50.5 Å². The van der Waals surface area contributed by atoms with Crippen LogP contribution in [0.4, 0.5) is 17.1 Å². The molecular weight excluding hydrogens is 616 g/mol. The predicted octanol–water partition coefficient (Wildman–Crippen LogP) is 14.3. The zero-order valence-electron chi connectivity index (χ0n) is 31.6. The second kappa shape index (κ2) is 12.1. The van der Waals surface area contributed by atoms with Crippen molar-refractivity contribution in [1.29, 1.82) is 0 Å². The Hall–Kier alpha value is -4.01. The molecule has 0 amide bonds. The first-order chi connectivity index (χ1) is 22.7. The molecule has 5 aromatic carbocycles. The van der Waals surface area contributed by atoms with Crippen molar-refractivity contribution < 1.29 is 0 Å². The molecule has 3 heteroatoms. The second-order valence-corrected chi connectivity index (χ2v) is 18.3. The molecule has 0 saturated carbocycles. The summed E-state index contributed by atoms with van der Waals surface area (Å²) in [6, 6.07) is 36.3. The number of rotatable bonds is 4. The van der Waals surface area contributed by atoms with Gasteiger partial charge in [-0.15, -0.1) is 0 Å².